The van der Waals surface area contributed by atoms with Crippen molar-refractivity contribution in [3.05, 3.63) is 101 Å². The number of carboxylic acids is 1. The summed E-state index contributed by atoms with van der Waals surface area (Å²) in [6, 6.07) is 1.50. The van der Waals surface area contributed by atoms with Crippen LogP contribution in [0, 0.1) is 68.2 Å². The number of esters is 3. The Morgan fingerprint density at radius 2 is 1.18 bits per heavy atom. The number of hydrogen-bond acceptors (Lipinski definition) is 11. The van der Waals surface area contributed by atoms with Crippen LogP contribution < -0.4 is 14.2 Å². The zero-order valence-electron chi connectivity index (χ0n) is 29.7. The number of ether oxygens (including phenoxy) is 4. The molecule has 1 atom stereocenters. The molecule has 51 heavy (non-hydrogen) atoms. The molecule has 0 radical (unpaired) electrons. The van der Waals surface area contributed by atoms with Crippen molar-refractivity contribution in [2.45, 2.75) is 62.3 Å². The van der Waals surface area contributed by atoms with E-state index in [2.05, 4.69) is 15.9 Å². The van der Waals surface area contributed by atoms with E-state index in [0.29, 0.717) is 38.9 Å². The summed E-state index contributed by atoms with van der Waals surface area (Å²) < 4.78 is 22.1. The van der Waals surface area contributed by atoms with Gasteiger partial charge in [0.15, 0.2) is 17.5 Å². The van der Waals surface area contributed by atoms with E-state index in [9.17, 15) is 39.3 Å². The number of hydrogen-bond donors (Lipinski definition) is 3. The summed E-state index contributed by atoms with van der Waals surface area (Å²) >= 11 is 3.20. The van der Waals surface area contributed by atoms with Gasteiger partial charge >= 0.3 is 23.9 Å². The maximum Gasteiger partial charge on any atom is 0.347 e. The predicted octanol–water partition coefficient (Wildman–Crippen LogP) is 7.14. The number of aryl methyl sites for hydroxylation is 1. The molecule has 13 heteroatoms. The summed E-state index contributed by atoms with van der Waals surface area (Å²) in [6.45, 7) is 14.7. The Bertz CT molecular complexity index is 2080. The molecule has 0 aliphatic heterocycles. The molecule has 0 spiro atoms. The third-order valence-corrected chi connectivity index (χ3v) is 10.1. The first-order valence-electron chi connectivity index (χ1n) is 15.6. The van der Waals surface area contributed by atoms with Crippen molar-refractivity contribution in [2.75, 3.05) is 7.11 Å². The number of ketones is 1. The first-order chi connectivity index (χ1) is 23.7. The molecule has 0 heterocycles. The fraction of sp³-hybridized carbons (Fsp3) is 0.289. The first-order valence-corrected chi connectivity index (χ1v) is 16.4. The minimum Gasteiger partial charge on any atom is -0.508 e. The highest BCUT2D eigenvalue weighted by Crippen LogP contribution is 2.43. The highest BCUT2D eigenvalue weighted by Gasteiger charge is 2.37. The third kappa shape index (κ3) is 6.85. The number of carbonyl (C=O) groups excluding carboxylic acids is 4. The minimum atomic E-state index is -1.50. The van der Waals surface area contributed by atoms with Gasteiger partial charge in [-0.2, -0.15) is 0 Å². The lowest BCUT2D eigenvalue weighted by molar-refractivity contribution is -0.142. The quantitative estimate of drug-likeness (QED) is 0.120. The zero-order valence-corrected chi connectivity index (χ0v) is 31.3. The Hall–Kier alpha value is -5.43. The highest BCUT2D eigenvalue weighted by molar-refractivity contribution is 9.10. The van der Waals surface area contributed by atoms with Gasteiger partial charge in [0, 0.05) is 12.2 Å². The number of rotatable bonds is 8. The van der Waals surface area contributed by atoms with Crippen molar-refractivity contribution in [3.63, 3.8) is 0 Å². The number of carboxylic acid groups (broad SMARTS) is 1. The molecule has 0 fully saturated rings. The third-order valence-electron chi connectivity index (χ3n) is 9.37. The average molecular weight is 766 g/mol. The van der Waals surface area contributed by atoms with Gasteiger partial charge in [0.25, 0.3) is 0 Å². The largest absolute Gasteiger partial charge is 0.508 e. The van der Waals surface area contributed by atoms with Crippen molar-refractivity contribution in [1.82, 2.24) is 0 Å². The lowest BCUT2D eigenvalue weighted by Gasteiger charge is -2.22. The average Bonchev–Trinajstić information content (AvgIpc) is 3.05. The Balaban J connectivity index is 1.64. The summed E-state index contributed by atoms with van der Waals surface area (Å²) in [5.74, 6) is -6.85. The van der Waals surface area contributed by atoms with Crippen LogP contribution in [-0.2, 0) is 14.3 Å². The van der Waals surface area contributed by atoms with Crippen LogP contribution in [-0.4, -0.2) is 52.1 Å². The molecule has 0 saturated carbocycles. The molecular weight excluding hydrogens is 728 g/mol. The van der Waals surface area contributed by atoms with Gasteiger partial charge in [0.1, 0.15) is 38.8 Å². The van der Waals surface area contributed by atoms with E-state index < -0.39 is 41.3 Å². The Morgan fingerprint density at radius 3 is 1.73 bits per heavy atom. The lowest BCUT2D eigenvalue weighted by atomic mass is 9.93. The van der Waals surface area contributed by atoms with E-state index in [-0.39, 0.29) is 61.1 Å². The standard InChI is InChI=1S/C38H37BrO12/c1-14-11-25(15(2)16(3)27(14)36(45)50-33-20(7)17(4)28(35(43)44)18(5)21(33)8)49-37(46)29-19(6)22(9)34(31(39)32(29)42)51-38(47)30-24(41)12-23(40)13-26(30)48-10/h11-13,30,40,42H,1-10H3,(H,43,44). The number of phenolic OH excluding ortho intramolecular Hbond substituents is 1. The number of benzene rings is 3. The number of methoxy groups -OCH3 is 1. The lowest BCUT2D eigenvalue weighted by Crippen LogP contribution is -2.32. The fourth-order valence-electron chi connectivity index (χ4n) is 6.01. The molecule has 3 aromatic carbocycles. The number of aliphatic hydroxyl groups excluding tert-OH is 1. The molecule has 4 rings (SSSR count). The Morgan fingerprint density at radius 1 is 0.667 bits per heavy atom. The molecule has 1 unspecified atom stereocenters. The number of carbonyl (C=O) groups is 5. The summed E-state index contributed by atoms with van der Waals surface area (Å²) in [4.78, 5) is 64.6. The van der Waals surface area contributed by atoms with Crippen molar-refractivity contribution >= 4 is 45.6 Å². The number of allylic oxidation sites excluding steroid dienone is 2. The van der Waals surface area contributed by atoms with Crippen molar-refractivity contribution in [2.24, 2.45) is 5.92 Å². The second-order valence-corrected chi connectivity index (χ2v) is 13.1. The maximum atomic E-state index is 13.6. The summed E-state index contributed by atoms with van der Waals surface area (Å²) in [6.07, 6.45) is 1.98. The number of aromatic hydroxyl groups is 1. The molecule has 0 saturated heterocycles. The van der Waals surface area contributed by atoms with Gasteiger partial charge in [-0.3, -0.25) is 9.59 Å². The molecule has 12 nitrogen and oxygen atoms in total. The number of phenols is 1. The van der Waals surface area contributed by atoms with Crippen LogP contribution in [0.4, 0.5) is 0 Å². The maximum absolute atomic E-state index is 13.6. The monoisotopic (exact) mass is 764 g/mol. The van der Waals surface area contributed by atoms with E-state index in [1.807, 2.05) is 0 Å². The second-order valence-electron chi connectivity index (χ2n) is 12.3. The highest BCUT2D eigenvalue weighted by atomic mass is 79.9. The van der Waals surface area contributed by atoms with Crippen LogP contribution in [0.25, 0.3) is 0 Å². The van der Waals surface area contributed by atoms with Crippen molar-refractivity contribution < 1.29 is 58.2 Å². The van der Waals surface area contributed by atoms with E-state index in [1.165, 1.54) is 20.1 Å². The SMILES string of the molecule is COC1=CC(O)=CC(=O)C1C(=O)Oc1c(C)c(C)c(C(=O)Oc2cc(C)c(C(=O)Oc3c(C)c(C)c(C(=O)O)c(C)c3C)c(C)c2C)c(O)c1Br. The first kappa shape index (κ1) is 38.4. The van der Waals surface area contributed by atoms with Crippen LogP contribution in [0.3, 0.4) is 0 Å². The van der Waals surface area contributed by atoms with Gasteiger partial charge in [0.2, 0.25) is 0 Å². The Kier molecular flexibility index (Phi) is 10.9. The molecule has 268 valence electrons. The van der Waals surface area contributed by atoms with Crippen LogP contribution in [0.2, 0.25) is 0 Å². The topological polar surface area (TPSA) is 183 Å². The normalized spacial score (nSPS) is 14.0. The number of halogens is 1. The molecule has 0 bridgehead atoms. The van der Waals surface area contributed by atoms with Crippen LogP contribution >= 0.6 is 15.9 Å². The molecule has 0 aromatic heterocycles. The molecule has 3 aromatic rings. The van der Waals surface area contributed by atoms with E-state index in [1.54, 1.807) is 55.4 Å². The predicted molar refractivity (Wildman–Crippen MR) is 188 cm³/mol. The fourth-order valence-corrected chi connectivity index (χ4v) is 6.59. The van der Waals surface area contributed by atoms with E-state index >= 15 is 0 Å². The van der Waals surface area contributed by atoms with E-state index in [4.69, 9.17) is 18.9 Å². The van der Waals surface area contributed by atoms with E-state index in [0.717, 1.165) is 12.2 Å². The number of aliphatic hydroxyl groups is 1. The van der Waals surface area contributed by atoms with Crippen LogP contribution in [0.1, 0.15) is 81.1 Å². The molecule has 3 N–H and O–H groups in total. The van der Waals surface area contributed by atoms with Gasteiger partial charge < -0.3 is 34.3 Å². The van der Waals surface area contributed by atoms with Gasteiger partial charge in [-0.25, -0.2) is 14.4 Å². The molecule has 1 aliphatic carbocycles. The summed E-state index contributed by atoms with van der Waals surface area (Å²) in [7, 11) is 1.23. The van der Waals surface area contributed by atoms with Gasteiger partial charge in [-0.05, 0) is 134 Å². The number of aromatic carboxylic acids is 1. The molecule has 0 amide bonds. The summed E-state index contributed by atoms with van der Waals surface area (Å²) in [5.41, 5.74) is 4.04. The van der Waals surface area contributed by atoms with Crippen molar-refractivity contribution in [1.29, 1.82) is 0 Å². The van der Waals surface area contributed by atoms with Crippen molar-refractivity contribution in [3.8, 4) is 23.0 Å². The second kappa shape index (κ2) is 14.4. The van der Waals surface area contributed by atoms with Gasteiger partial charge in [-0.1, -0.05) is 0 Å². The van der Waals surface area contributed by atoms with Crippen LogP contribution in [0.5, 0.6) is 23.0 Å². The zero-order chi connectivity index (χ0) is 38.4. The minimum absolute atomic E-state index is 0.116. The molecule has 1 aliphatic rings. The van der Waals surface area contributed by atoms with Gasteiger partial charge in [0.05, 0.1) is 18.2 Å². The van der Waals surface area contributed by atoms with Gasteiger partial charge in [-0.15, -0.1) is 0 Å². The summed E-state index contributed by atoms with van der Waals surface area (Å²) in [5, 5.41) is 30.5. The van der Waals surface area contributed by atoms with Crippen LogP contribution in [0.15, 0.2) is 34.2 Å². The Labute approximate surface area is 302 Å². The molecular formula is C38H37BrO12. The smallest absolute Gasteiger partial charge is 0.347 e.